The third-order valence-corrected chi connectivity index (χ3v) is 3.17. The Morgan fingerprint density at radius 2 is 2.00 bits per heavy atom. The zero-order valence-electron chi connectivity index (χ0n) is 8.36. The van der Waals surface area contributed by atoms with E-state index in [0.29, 0.717) is 22.0 Å². The minimum Gasteiger partial charge on any atom is -0.487 e. The molecule has 2 aromatic rings. The summed E-state index contributed by atoms with van der Waals surface area (Å²) >= 11 is 9.13. The Morgan fingerprint density at radius 1 is 1.25 bits per heavy atom. The number of aromatic nitrogens is 1. The zero-order chi connectivity index (χ0) is 11.4. The summed E-state index contributed by atoms with van der Waals surface area (Å²) in [6.07, 6.45) is 1.64. The molecule has 2 rings (SSSR count). The average Bonchev–Trinajstić information content (AvgIpc) is 2.32. The first-order valence-electron chi connectivity index (χ1n) is 4.73. The minimum atomic E-state index is 0.514. The Bertz CT molecular complexity index is 476. The maximum atomic E-state index is 5.91. The van der Waals surface area contributed by atoms with Crippen LogP contribution in [0.15, 0.2) is 47.2 Å². The minimum absolute atomic E-state index is 0.514. The second-order valence-electron chi connectivity index (χ2n) is 3.22. The maximum absolute atomic E-state index is 5.91. The highest BCUT2D eigenvalue weighted by Crippen LogP contribution is 2.24. The van der Waals surface area contributed by atoms with Gasteiger partial charge < -0.3 is 4.74 Å². The molecule has 0 unspecified atom stereocenters. The molecule has 0 N–H and O–H groups in total. The molecule has 0 saturated carbocycles. The Morgan fingerprint density at radius 3 is 2.69 bits per heavy atom. The first kappa shape index (κ1) is 11.4. The van der Waals surface area contributed by atoms with Gasteiger partial charge in [-0.2, -0.15) is 0 Å². The topological polar surface area (TPSA) is 22.1 Å². The molecule has 0 amide bonds. The molecule has 0 radical (unpaired) electrons. The van der Waals surface area contributed by atoms with Gasteiger partial charge in [-0.1, -0.05) is 41.9 Å². The second-order valence-corrected chi connectivity index (χ2v) is 4.38. The third-order valence-electron chi connectivity index (χ3n) is 2.02. The summed E-state index contributed by atoms with van der Waals surface area (Å²) in [6.45, 7) is 0.514. The van der Waals surface area contributed by atoms with Gasteiger partial charge in [-0.15, -0.1) is 0 Å². The van der Waals surface area contributed by atoms with E-state index in [-0.39, 0.29) is 0 Å². The molecule has 2 nitrogen and oxygen atoms in total. The summed E-state index contributed by atoms with van der Waals surface area (Å²) in [5.74, 6) is 0.664. The first-order chi connectivity index (χ1) is 7.75. The van der Waals surface area contributed by atoms with Crippen LogP contribution in [0.25, 0.3) is 0 Å². The molecule has 82 valence electrons. The van der Waals surface area contributed by atoms with Crippen molar-refractivity contribution in [2.75, 3.05) is 0 Å². The maximum Gasteiger partial charge on any atom is 0.139 e. The first-order valence-corrected chi connectivity index (χ1v) is 5.90. The van der Waals surface area contributed by atoms with Crippen LogP contribution >= 0.6 is 27.5 Å². The van der Waals surface area contributed by atoms with Crippen molar-refractivity contribution in [2.45, 2.75) is 6.61 Å². The highest BCUT2D eigenvalue weighted by atomic mass is 79.9. The van der Waals surface area contributed by atoms with Gasteiger partial charge in [0.1, 0.15) is 17.0 Å². The molecule has 1 heterocycles. The van der Waals surface area contributed by atoms with Gasteiger partial charge >= 0.3 is 0 Å². The molecule has 4 heteroatoms. The molecule has 0 aliphatic carbocycles. The summed E-state index contributed by atoms with van der Waals surface area (Å²) in [4.78, 5) is 4.05. The third kappa shape index (κ3) is 2.97. The molecule has 0 fully saturated rings. The molecule has 0 aliphatic heterocycles. The molecule has 16 heavy (non-hydrogen) atoms. The second kappa shape index (κ2) is 5.32. The fourth-order valence-electron chi connectivity index (χ4n) is 1.22. The summed E-state index contributed by atoms with van der Waals surface area (Å²) in [6, 6.07) is 11.7. The number of hydrogen-bond acceptors (Lipinski definition) is 2. The highest BCUT2D eigenvalue weighted by molar-refractivity contribution is 9.10. The van der Waals surface area contributed by atoms with Gasteiger partial charge in [-0.3, -0.25) is 0 Å². The van der Waals surface area contributed by atoms with E-state index in [4.69, 9.17) is 16.3 Å². The van der Waals surface area contributed by atoms with Crippen molar-refractivity contribution in [1.82, 2.24) is 4.98 Å². The largest absolute Gasteiger partial charge is 0.487 e. The van der Waals surface area contributed by atoms with Crippen molar-refractivity contribution in [3.05, 3.63) is 57.8 Å². The highest BCUT2D eigenvalue weighted by Gasteiger charge is 2.01. The van der Waals surface area contributed by atoms with Gasteiger partial charge in [0.05, 0.1) is 11.2 Å². The lowest BCUT2D eigenvalue weighted by Gasteiger charge is -2.06. The summed E-state index contributed by atoms with van der Waals surface area (Å²) < 4.78 is 6.19. The van der Waals surface area contributed by atoms with E-state index in [2.05, 4.69) is 20.9 Å². The average molecular weight is 299 g/mol. The summed E-state index contributed by atoms with van der Waals surface area (Å²) in [5, 5.41) is 0.547. The normalized spacial score (nSPS) is 10.1. The van der Waals surface area contributed by atoms with Gasteiger partial charge in [0.15, 0.2) is 0 Å². The molecule has 1 aromatic heterocycles. The predicted octanol–water partition coefficient (Wildman–Crippen LogP) is 4.08. The number of rotatable bonds is 3. The van der Waals surface area contributed by atoms with Crippen LogP contribution in [0.1, 0.15) is 5.56 Å². The number of ether oxygens (including phenoxy) is 1. The molecule has 1 aromatic carbocycles. The van der Waals surface area contributed by atoms with Crippen LogP contribution in [0.4, 0.5) is 0 Å². The van der Waals surface area contributed by atoms with Crippen LogP contribution in [0.5, 0.6) is 5.75 Å². The van der Waals surface area contributed by atoms with Gasteiger partial charge in [0, 0.05) is 6.07 Å². The summed E-state index contributed by atoms with van der Waals surface area (Å²) in [7, 11) is 0. The fraction of sp³-hybridized carbons (Fsp3) is 0.0833. The van der Waals surface area contributed by atoms with Crippen LogP contribution in [-0.2, 0) is 6.61 Å². The van der Waals surface area contributed by atoms with Crippen molar-refractivity contribution in [1.29, 1.82) is 0 Å². The van der Waals surface area contributed by atoms with Crippen molar-refractivity contribution in [3.8, 4) is 5.75 Å². The standard InChI is InChI=1S/C12H9BrClNO/c13-12-11(14)6-10(7-15-12)16-8-9-4-2-1-3-5-9/h1-7H,8H2. The van der Waals surface area contributed by atoms with Crippen LogP contribution in [0.3, 0.4) is 0 Å². The molecule has 0 saturated heterocycles. The van der Waals surface area contributed by atoms with Crippen LogP contribution in [-0.4, -0.2) is 4.98 Å². The molecule has 0 bridgehead atoms. The lowest BCUT2D eigenvalue weighted by molar-refractivity contribution is 0.305. The van der Waals surface area contributed by atoms with Gasteiger partial charge in [-0.05, 0) is 21.5 Å². The molecule has 0 aliphatic rings. The van der Waals surface area contributed by atoms with E-state index in [9.17, 15) is 0 Å². The number of benzene rings is 1. The molecular formula is C12H9BrClNO. The Kier molecular flexibility index (Phi) is 3.80. The zero-order valence-corrected chi connectivity index (χ0v) is 10.7. The Hall–Kier alpha value is -1.06. The van der Waals surface area contributed by atoms with Crippen molar-refractivity contribution in [2.24, 2.45) is 0 Å². The van der Waals surface area contributed by atoms with Crippen LogP contribution < -0.4 is 4.74 Å². The lowest BCUT2D eigenvalue weighted by Crippen LogP contribution is -1.95. The van der Waals surface area contributed by atoms with E-state index in [1.54, 1.807) is 12.3 Å². The van der Waals surface area contributed by atoms with E-state index in [1.165, 1.54) is 0 Å². The van der Waals surface area contributed by atoms with Crippen molar-refractivity contribution < 1.29 is 4.74 Å². The van der Waals surface area contributed by atoms with Gasteiger partial charge in [0.25, 0.3) is 0 Å². The van der Waals surface area contributed by atoms with E-state index in [1.807, 2.05) is 30.3 Å². The fourth-order valence-corrected chi connectivity index (χ4v) is 1.60. The lowest BCUT2D eigenvalue weighted by atomic mass is 10.2. The number of pyridine rings is 1. The smallest absolute Gasteiger partial charge is 0.139 e. The number of hydrogen-bond donors (Lipinski definition) is 0. The van der Waals surface area contributed by atoms with Crippen LogP contribution in [0, 0.1) is 0 Å². The SMILES string of the molecule is Clc1cc(OCc2ccccc2)cnc1Br. The van der Waals surface area contributed by atoms with E-state index in [0.717, 1.165) is 5.56 Å². The molecule has 0 atom stereocenters. The van der Waals surface area contributed by atoms with Crippen molar-refractivity contribution >= 4 is 27.5 Å². The number of nitrogens with zero attached hydrogens (tertiary/aromatic N) is 1. The number of halogens is 2. The van der Waals surface area contributed by atoms with Gasteiger partial charge in [0.2, 0.25) is 0 Å². The predicted molar refractivity (Wildman–Crippen MR) is 67.7 cm³/mol. The Balaban J connectivity index is 2.03. The van der Waals surface area contributed by atoms with E-state index < -0.39 is 0 Å². The monoisotopic (exact) mass is 297 g/mol. The van der Waals surface area contributed by atoms with Crippen molar-refractivity contribution in [3.63, 3.8) is 0 Å². The quantitative estimate of drug-likeness (QED) is 0.797. The van der Waals surface area contributed by atoms with E-state index >= 15 is 0 Å². The molecular weight excluding hydrogens is 289 g/mol. The van der Waals surface area contributed by atoms with Gasteiger partial charge in [-0.25, -0.2) is 4.98 Å². The summed E-state index contributed by atoms with van der Waals surface area (Å²) in [5.41, 5.74) is 1.11. The Labute approximate surface area is 107 Å². The molecule has 0 spiro atoms. The van der Waals surface area contributed by atoms with Crippen LogP contribution in [0.2, 0.25) is 5.02 Å².